The molecule has 102 valence electrons. The number of ether oxygens (including phenoxy) is 1. The number of rotatable bonds is 3. The summed E-state index contributed by atoms with van der Waals surface area (Å²) in [5, 5.41) is 5.73. The van der Waals surface area contributed by atoms with Crippen LogP contribution in [0.1, 0.15) is 11.3 Å². The molecule has 0 fully saturated rings. The van der Waals surface area contributed by atoms with E-state index in [0.717, 1.165) is 0 Å². The van der Waals surface area contributed by atoms with E-state index < -0.39 is 11.9 Å². The fourth-order valence-corrected chi connectivity index (χ4v) is 1.86. The Morgan fingerprint density at radius 2 is 2.00 bits per heavy atom. The lowest BCUT2D eigenvalue weighted by Crippen LogP contribution is -2.11. The fraction of sp³-hybridized carbons (Fsp3) is 0.250. The van der Waals surface area contributed by atoms with E-state index in [1.54, 1.807) is 24.3 Å². The molecule has 7 heteroatoms. The zero-order valence-electron chi connectivity index (χ0n) is 10.1. The van der Waals surface area contributed by atoms with Gasteiger partial charge in [0.25, 0.3) is 0 Å². The van der Waals surface area contributed by atoms with Gasteiger partial charge in [-0.25, -0.2) is 0 Å². The van der Waals surface area contributed by atoms with Crippen LogP contribution in [0.4, 0.5) is 13.2 Å². The first-order valence-electron chi connectivity index (χ1n) is 5.47. The molecule has 0 saturated carbocycles. The summed E-state index contributed by atoms with van der Waals surface area (Å²) in [6.45, 7) is -0.265. The molecule has 2 rings (SSSR count). The molecule has 19 heavy (non-hydrogen) atoms. The topological polar surface area (TPSA) is 63.9 Å². The van der Waals surface area contributed by atoms with Crippen LogP contribution in [-0.2, 0) is 12.7 Å². The van der Waals surface area contributed by atoms with E-state index in [1.165, 1.54) is 7.11 Å². The second-order valence-corrected chi connectivity index (χ2v) is 3.83. The molecule has 0 aliphatic heterocycles. The van der Waals surface area contributed by atoms with Crippen LogP contribution in [0.2, 0.25) is 0 Å². The fourth-order valence-electron chi connectivity index (χ4n) is 1.86. The summed E-state index contributed by atoms with van der Waals surface area (Å²) < 4.78 is 43.5. The average Bonchev–Trinajstić information content (AvgIpc) is 2.82. The summed E-state index contributed by atoms with van der Waals surface area (Å²) in [6.07, 6.45) is -4.51. The zero-order chi connectivity index (χ0) is 14.0. The van der Waals surface area contributed by atoms with E-state index in [0.29, 0.717) is 11.3 Å². The Morgan fingerprint density at radius 1 is 1.32 bits per heavy atom. The molecular weight excluding hydrogens is 259 g/mol. The zero-order valence-corrected chi connectivity index (χ0v) is 10.1. The number of benzene rings is 1. The second-order valence-electron chi connectivity index (χ2n) is 3.83. The molecular formula is C12H12F3N3O. The molecule has 3 N–H and O–H groups in total. The minimum atomic E-state index is -4.51. The molecule has 2 aromatic rings. The Bertz CT molecular complexity index is 578. The SMILES string of the molecule is COc1ccccc1-c1n[nH]c(C(F)(F)F)c1CN. The first-order valence-corrected chi connectivity index (χ1v) is 5.47. The van der Waals surface area contributed by atoms with Gasteiger partial charge in [0.1, 0.15) is 17.1 Å². The second kappa shape index (κ2) is 4.93. The van der Waals surface area contributed by atoms with E-state index >= 15 is 0 Å². The summed E-state index contributed by atoms with van der Waals surface area (Å²) in [7, 11) is 1.44. The molecule has 0 saturated heterocycles. The van der Waals surface area contributed by atoms with E-state index in [-0.39, 0.29) is 17.8 Å². The lowest BCUT2D eigenvalue weighted by molar-refractivity contribution is -0.141. The van der Waals surface area contributed by atoms with Gasteiger partial charge < -0.3 is 10.5 Å². The summed E-state index contributed by atoms with van der Waals surface area (Å²) in [4.78, 5) is 0. The molecule has 0 aliphatic carbocycles. The predicted molar refractivity (Wildman–Crippen MR) is 63.5 cm³/mol. The van der Waals surface area contributed by atoms with Crippen molar-refractivity contribution in [2.45, 2.75) is 12.7 Å². The largest absolute Gasteiger partial charge is 0.496 e. The summed E-state index contributed by atoms with van der Waals surface area (Å²) in [6, 6.07) is 6.70. The molecule has 0 aliphatic rings. The van der Waals surface area contributed by atoms with Gasteiger partial charge in [0.05, 0.1) is 7.11 Å². The Balaban J connectivity index is 2.61. The Labute approximate surface area is 107 Å². The highest BCUT2D eigenvalue weighted by Crippen LogP contribution is 2.37. The van der Waals surface area contributed by atoms with Gasteiger partial charge >= 0.3 is 6.18 Å². The smallest absolute Gasteiger partial charge is 0.433 e. The average molecular weight is 271 g/mol. The highest BCUT2D eigenvalue weighted by molar-refractivity contribution is 5.70. The van der Waals surface area contributed by atoms with Crippen molar-refractivity contribution in [1.82, 2.24) is 10.2 Å². The minimum Gasteiger partial charge on any atom is -0.496 e. The van der Waals surface area contributed by atoms with Gasteiger partial charge in [0.15, 0.2) is 0 Å². The van der Waals surface area contributed by atoms with Gasteiger partial charge in [-0.1, -0.05) is 12.1 Å². The summed E-state index contributed by atoms with van der Waals surface area (Å²) in [5.41, 5.74) is 5.06. The highest BCUT2D eigenvalue weighted by Gasteiger charge is 2.37. The van der Waals surface area contributed by atoms with Crippen LogP contribution < -0.4 is 10.5 Å². The number of hydrogen-bond donors (Lipinski definition) is 2. The van der Waals surface area contributed by atoms with Gasteiger partial charge in [-0.2, -0.15) is 18.3 Å². The third-order valence-corrected chi connectivity index (χ3v) is 2.72. The third kappa shape index (κ3) is 2.41. The number of nitrogens with zero attached hydrogens (tertiary/aromatic N) is 1. The maximum absolute atomic E-state index is 12.8. The molecule has 1 aromatic heterocycles. The number of methoxy groups -OCH3 is 1. The predicted octanol–water partition coefficient (Wildman–Crippen LogP) is 2.56. The molecule has 1 aromatic carbocycles. The first kappa shape index (κ1) is 13.4. The van der Waals surface area contributed by atoms with Gasteiger partial charge in [0, 0.05) is 17.7 Å². The van der Waals surface area contributed by atoms with Crippen LogP contribution in [0.15, 0.2) is 24.3 Å². The van der Waals surface area contributed by atoms with Crippen molar-refractivity contribution in [3.8, 4) is 17.0 Å². The number of aromatic nitrogens is 2. The number of nitrogens with two attached hydrogens (primary N) is 1. The van der Waals surface area contributed by atoms with E-state index in [2.05, 4.69) is 5.10 Å². The monoisotopic (exact) mass is 271 g/mol. The van der Waals surface area contributed by atoms with Crippen molar-refractivity contribution in [3.63, 3.8) is 0 Å². The van der Waals surface area contributed by atoms with E-state index in [4.69, 9.17) is 10.5 Å². The Hall–Kier alpha value is -2.02. The molecule has 0 atom stereocenters. The number of aromatic amines is 1. The van der Waals surface area contributed by atoms with Gasteiger partial charge in [-0.15, -0.1) is 0 Å². The van der Waals surface area contributed by atoms with Gasteiger partial charge in [-0.3, -0.25) is 5.10 Å². The normalized spacial score (nSPS) is 11.6. The molecule has 0 unspecified atom stereocenters. The number of H-pyrrole nitrogens is 1. The lowest BCUT2D eigenvalue weighted by Gasteiger charge is -2.09. The van der Waals surface area contributed by atoms with Crippen LogP contribution in [0, 0.1) is 0 Å². The van der Waals surface area contributed by atoms with Crippen molar-refractivity contribution in [2.24, 2.45) is 5.73 Å². The standard InChI is InChI=1S/C12H12F3N3O/c1-19-9-5-3-2-4-7(9)10-8(6-16)11(18-17-10)12(13,14)15/h2-5H,6,16H2,1H3,(H,17,18). The van der Waals surface area contributed by atoms with Crippen molar-refractivity contribution in [3.05, 3.63) is 35.5 Å². The molecule has 1 heterocycles. The molecule has 0 amide bonds. The number of para-hydroxylation sites is 1. The van der Waals surface area contributed by atoms with Crippen LogP contribution in [0.25, 0.3) is 11.3 Å². The van der Waals surface area contributed by atoms with Crippen LogP contribution >= 0.6 is 0 Å². The number of nitrogens with one attached hydrogen (secondary N) is 1. The van der Waals surface area contributed by atoms with Crippen LogP contribution in [0.3, 0.4) is 0 Å². The Morgan fingerprint density at radius 3 is 2.58 bits per heavy atom. The lowest BCUT2D eigenvalue weighted by atomic mass is 10.0. The molecule has 0 spiro atoms. The number of halogens is 3. The number of alkyl halides is 3. The van der Waals surface area contributed by atoms with Gasteiger partial charge in [0.2, 0.25) is 0 Å². The maximum Gasteiger partial charge on any atom is 0.433 e. The van der Waals surface area contributed by atoms with Crippen molar-refractivity contribution < 1.29 is 17.9 Å². The third-order valence-electron chi connectivity index (χ3n) is 2.72. The van der Waals surface area contributed by atoms with Crippen molar-refractivity contribution >= 4 is 0 Å². The van der Waals surface area contributed by atoms with Crippen molar-refractivity contribution in [2.75, 3.05) is 7.11 Å². The maximum atomic E-state index is 12.8. The first-order chi connectivity index (χ1) is 8.99. The van der Waals surface area contributed by atoms with E-state index in [1.807, 2.05) is 5.10 Å². The Kier molecular flexibility index (Phi) is 3.48. The van der Waals surface area contributed by atoms with Crippen LogP contribution in [0.5, 0.6) is 5.75 Å². The quantitative estimate of drug-likeness (QED) is 0.901. The van der Waals surface area contributed by atoms with Crippen molar-refractivity contribution in [1.29, 1.82) is 0 Å². The minimum absolute atomic E-state index is 0.0722. The molecule has 0 radical (unpaired) electrons. The molecule has 0 bridgehead atoms. The van der Waals surface area contributed by atoms with Crippen LogP contribution in [-0.4, -0.2) is 17.3 Å². The number of hydrogen-bond acceptors (Lipinski definition) is 3. The summed E-state index contributed by atoms with van der Waals surface area (Å²) >= 11 is 0. The van der Waals surface area contributed by atoms with Gasteiger partial charge in [-0.05, 0) is 12.1 Å². The summed E-state index contributed by atoms with van der Waals surface area (Å²) in [5.74, 6) is 0.442. The molecule has 4 nitrogen and oxygen atoms in total. The van der Waals surface area contributed by atoms with E-state index in [9.17, 15) is 13.2 Å². The highest BCUT2D eigenvalue weighted by atomic mass is 19.4.